The lowest BCUT2D eigenvalue weighted by Gasteiger charge is -2.17. The quantitative estimate of drug-likeness (QED) is 0.851. The van der Waals surface area contributed by atoms with Crippen LogP contribution in [0, 0.1) is 0 Å². The van der Waals surface area contributed by atoms with Gasteiger partial charge in [-0.25, -0.2) is 0 Å². The van der Waals surface area contributed by atoms with E-state index in [2.05, 4.69) is 28.2 Å². The smallest absolute Gasteiger partial charge is 0.156 e. The van der Waals surface area contributed by atoms with Crippen LogP contribution in [-0.4, -0.2) is 25.4 Å². The van der Waals surface area contributed by atoms with Gasteiger partial charge in [0.2, 0.25) is 0 Å². The Kier molecular flexibility index (Phi) is 5.37. The summed E-state index contributed by atoms with van der Waals surface area (Å²) in [7, 11) is 0. The van der Waals surface area contributed by atoms with Gasteiger partial charge in [-0.15, -0.1) is 0 Å². The molecule has 1 fully saturated rings. The third-order valence-corrected chi connectivity index (χ3v) is 3.94. The topological polar surface area (TPSA) is 30.5 Å². The minimum Gasteiger partial charge on any atom is -0.491 e. The van der Waals surface area contributed by atoms with E-state index in [0.29, 0.717) is 17.7 Å². The molecule has 3 nitrogen and oxygen atoms in total. The molecule has 0 radical (unpaired) electrons. The van der Waals surface area contributed by atoms with Crippen molar-refractivity contribution in [3.63, 3.8) is 0 Å². The second kappa shape index (κ2) is 6.82. The van der Waals surface area contributed by atoms with Gasteiger partial charge in [0, 0.05) is 11.6 Å². The Bertz CT molecular complexity index is 442. The Hall–Kier alpha value is -0.450. The lowest BCUT2D eigenvalue weighted by atomic mass is 10.2. The minimum absolute atomic E-state index is 0.266. The van der Waals surface area contributed by atoms with Gasteiger partial charge in [-0.2, -0.15) is 0 Å². The largest absolute Gasteiger partial charge is 0.491 e. The first-order valence-electron chi connectivity index (χ1n) is 6.61. The van der Waals surface area contributed by atoms with E-state index in [0.717, 1.165) is 35.3 Å². The van der Waals surface area contributed by atoms with Crippen LogP contribution in [-0.2, 0) is 4.74 Å². The van der Waals surface area contributed by atoms with Crippen LogP contribution in [0.1, 0.15) is 26.7 Å². The highest BCUT2D eigenvalue weighted by Crippen LogP contribution is 2.36. The standard InChI is InChI=1S/C14H19BrClNO2/c1-3-18-14-12(15)6-10(16)7-13(14)17-8-11-5-4-9(2)19-11/h6-7,9,11,17H,3-5,8H2,1-2H3. The first-order valence-corrected chi connectivity index (χ1v) is 7.78. The minimum atomic E-state index is 0.266. The van der Waals surface area contributed by atoms with Gasteiger partial charge < -0.3 is 14.8 Å². The molecule has 0 aliphatic carbocycles. The van der Waals surface area contributed by atoms with Crippen molar-refractivity contribution in [1.29, 1.82) is 0 Å². The monoisotopic (exact) mass is 347 g/mol. The van der Waals surface area contributed by atoms with E-state index in [1.165, 1.54) is 0 Å². The fourth-order valence-corrected chi connectivity index (χ4v) is 3.17. The van der Waals surface area contributed by atoms with E-state index in [1.807, 2.05) is 19.1 Å². The molecule has 0 bridgehead atoms. The van der Waals surface area contributed by atoms with Gasteiger partial charge in [-0.3, -0.25) is 0 Å². The van der Waals surface area contributed by atoms with E-state index in [-0.39, 0.29) is 6.10 Å². The highest BCUT2D eigenvalue weighted by atomic mass is 79.9. The van der Waals surface area contributed by atoms with Crippen LogP contribution < -0.4 is 10.1 Å². The molecule has 2 atom stereocenters. The summed E-state index contributed by atoms with van der Waals surface area (Å²) < 4.78 is 12.3. The van der Waals surface area contributed by atoms with E-state index >= 15 is 0 Å². The summed E-state index contributed by atoms with van der Waals surface area (Å²) in [6.45, 7) is 5.47. The van der Waals surface area contributed by atoms with Crippen molar-refractivity contribution in [2.45, 2.75) is 38.9 Å². The molecular weight excluding hydrogens is 330 g/mol. The van der Waals surface area contributed by atoms with Crippen molar-refractivity contribution in [1.82, 2.24) is 0 Å². The molecule has 1 aliphatic heterocycles. The molecule has 1 aromatic rings. The lowest BCUT2D eigenvalue weighted by Crippen LogP contribution is -2.20. The molecule has 0 spiro atoms. The molecule has 19 heavy (non-hydrogen) atoms. The zero-order chi connectivity index (χ0) is 13.8. The molecule has 1 heterocycles. The third-order valence-electron chi connectivity index (χ3n) is 3.14. The third kappa shape index (κ3) is 4.01. The number of halogens is 2. The number of hydrogen-bond donors (Lipinski definition) is 1. The number of rotatable bonds is 5. The van der Waals surface area contributed by atoms with Gasteiger partial charge in [-0.05, 0) is 54.8 Å². The maximum Gasteiger partial charge on any atom is 0.156 e. The molecular formula is C14H19BrClNO2. The summed E-state index contributed by atoms with van der Waals surface area (Å²) in [6, 6.07) is 3.72. The van der Waals surface area contributed by atoms with Gasteiger partial charge in [0.05, 0.1) is 29.0 Å². The van der Waals surface area contributed by atoms with Crippen molar-refractivity contribution in [2.75, 3.05) is 18.5 Å². The summed E-state index contributed by atoms with van der Waals surface area (Å²) in [5.74, 6) is 0.804. The van der Waals surface area contributed by atoms with Crippen LogP contribution in [0.2, 0.25) is 5.02 Å². The highest BCUT2D eigenvalue weighted by molar-refractivity contribution is 9.10. The molecule has 1 aliphatic rings. The van der Waals surface area contributed by atoms with Crippen molar-refractivity contribution in [3.8, 4) is 5.75 Å². The van der Waals surface area contributed by atoms with E-state index in [1.54, 1.807) is 0 Å². The molecule has 2 unspecified atom stereocenters. The normalized spacial score (nSPS) is 22.5. The van der Waals surface area contributed by atoms with Crippen molar-refractivity contribution >= 4 is 33.2 Å². The second-order valence-corrected chi connectivity index (χ2v) is 6.02. The Labute approximate surface area is 127 Å². The number of nitrogens with one attached hydrogen (secondary N) is 1. The van der Waals surface area contributed by atoms with Gasteiger partial charge in [0.15, 0.2) is 5.75 Å². The number of hydrogen-bond acceptors (Lipinski definition) is 3. The number of ether oxygens (including phenoxy) is 2. The molecule has 2 rings (SSSR count). The number of benzene rings is 1. The Morgan fingerprint density at radius 3 is 2.89 bits per heavy atom. The summed E-state index contributed by atoms with van der Waals surface area (Å²) >= 11 is 9.57. The fourth-order valence-electron chi connectivity index (χ4n) is 2.24. The predicted octanol–water partition coefficient (Wildman–Crippen LogP) is 4.48. The van der Waals surface area contributed by atoms with E-state index in [9.17, 15) is 0 Å². The van der Waals surface area contributed by atoms with E-state index in [4.69, 9.17) is 21.1 Å². The maximum absolute atomic E-state index is 6.08. The van der Waals surface area contributed by atoms with Crippen molar-refractivity contribution < 1.29 is 9.47 Å². The number of anilines is 1. The summed E-state index contributed by atoms with van der Waals surface area (Å²) in [5.41, 5.74) is 0.907. The van der Waals surface area contributed by atoms with Crippen molar-refractivity contribution in [2.24, 2.45) is 0 Å². The Balaban J connectivity index is 2.05. The summed E-state index contributed by atoms with van der Waals surface area (Å²) in [4.78, 5) is 0. The highest BCUT2D eigenvalue weighted by Gasteiger charge is 2.22. The molecule has 1 saturated heterocycles. The van der Waals surface area contributed by atoms with E-state index < -0.39 is 0 Å². The zero-order valence-electron chi connectivity index (χ0n) is 11.2. The van der Waals surface area contributed by atoms with Crippen LogP contribution in [0.25, 0.3) is 0 Å². The molecule has 0 amide bonds. The molecule has 5 heteroatoms. The average Bonchev–Trinajstić information content (AvgIpc) is 2.76. The van der Waals surface area contributed by atoms with Crippen LogP contribution in [0.3, 0.4) is 0 Å². The van der Waals surface area contributed by atoms with Gasteiger partial charge in [0.25, 0.3) is 0 Å². The van der Waals surface area contributed by atoms with Crippen LogP contribution in [0.4, 0.5) is 5.69 Å². The molecule has 0 saturated carbocycles. The molecule has 1 N–H and O–H groups in total. The fraction of sp³-hybridized carbons (Fsp3) is 0.571. The first-order chi connectivity index (χ1) is 9.10. The molecule has 106 valence electrons. The maximum atomic E-state index is 6.08. The van der Waals surface area contributed by atoms with Gasteiger partial charge in [-0.1, -0.05) is 11.6 Å². The average molecular weight is 349 g/mol. The predicted molar refractivity (Wildman–Crippen MR) is 82.4 cm³/mol. The zero-order valence-corrected chi connectivity index (χ0v) is 13.6. The summed E-state index contributed by atoms with van der Waals surface area (Å²) in [6.07, 6.45) is 2.86. The summed E-state index contributed by atoms with van der Waals surface area (Å²) in [5, 5.41) is 4.06. The molecule has 1 aromatic carbocycles. The Morgan fingerprint density at radius 1 is 1.47 bits per heavy atom. The van der Waals surface area contributed by atoms with Crippen molar-refractivity contribution in [3.05, 3.63) is 21.6 Å². The van der Waals surface area contributed by atoms with Crippen LogP contribution in [0.5, 0.6) is 5.75 Å². The van der Waals surface area contributed by atoms with Crippen LogP contribution in [0.15, 0.2) is 16.6 Å². The van der Waals surface area contributed by atoms with Gasteiger partial charge in [0.1, 0.15) is 0 Å². The first kappa shape index (κ1) is 14.9. The van der Waals surface area contributed by atoms with Gasteiger partial charge >= 0.3 is 0 Å². The lowest BCUT2D eigenvalue weighted by molar-refractivity contribution is 0.0636. The Morgan fingerprint density at radius 2 is 2.26 bits per heavy atom. The SMILES string of the molecule is CCOc1c(Br)cc(Cl)cc1NCC1CCC(C)O1. The van der Waals surface area contributed by atoms with Crippen LogP contribution >= 0.6 is 27.5 Å². The second-order valence-electron chi connectivity index (χ2n) is 4.72. The molecule has 0 aromatic heterocycles.